The minimum atomic E-state index is 0.335. The smallest absolute Gasteiger partial charge is 0.234 e. The molecule has 0 aliphatic carbocycles. The van der Waals surface area contributed by atoms with Crippen LogP contribution in [0.15, 0.2) is 12.4 Å². The zero-order chi connectivity index (χ0) is 13.2. The van der Waals surface area contributed by atoms with Crippen LogP contribution in [-0.4, -0.2) is 53.6 Å². The van der Waals surface area contributed by atoms with Gasteiger partial charge < -0.3 is 19.9 Å². The number of nitrogens with one attached hydrogen (secondary N) is 2. The van der Waals surface area contributed by atoms with Crippen LogP contribution in [0.5, 0.6) is 5.88 Å². The number of likely N-dealkylation sites (N-methyl/N-ethyl adjacent to an activating group) is 1. The normalized spacial score (nSPS) is 21.5. The van der Waals surface area contributed by atoms with Crippen molar-refractivity contribution in [1.82, 2.24) is 25.2 Å². The maximum atomic E-state index is 5.10. The highest BCUT2D eigenvalue weighted by Gasteiger charge is 2.20. The van der Waals surface area contributed by atoms with Crippen molar-refractivity contribution < 1.29 is 4.74 Å². The molecule has 0 bridgehead atoms. The van der Waals surface area contributed by atoms with Crippen LogP contribution in [0.4, 0.5) is 0 Å². The molecule has 6 nitrogen and oxygen atoms in total. The number of hydrogen-bond acceptors (Lipinski definition) is 5. The molecule has 3 heterocycles. The number of methoxy groups -OCH3 is 1. The van der Waals surface area contributed by atoms with Crippen LogP contribution in [0.3, 0.4) is 0 Å². The van der Waals surface area contributed by atoms with Crippen LogP contribution in [0.1, 0.15) is 18.0 Å². The van der Waals surface area contributed by atoms with Gasteiger partial charge in [0.1, 0.15) is 5.52 Å². The van der Waals surface area contributed by atoms with Gasteiger partial charge in [0.05, 0.1) is 13.3 Å². The minimum absolute atomic E-state index is 0.335. The molecular weight excluding hydrogens is 242 g/mol. The molecule has 1 fully saturated rings. The molecule has 0 aromatic carbocycles. The van der Waals surface area contributed by atoms with Gasteiger partial charge in [-0.3, -0.25) is 0 Å². The molecule has 1 aliphatic heterocycles. The second-order valence-corrected chi connectivity index (χ2v) is 4.95. The fraction of sp³-hybridized carbons (Fsp3) is 0.538. The Labute approximate surface area is 112 Å². The first-order valence-corrected chi connectivity index (χ1v) is 6.58. The van der Waals surface area contributed by atoms with Gasteiger partial charge in [0.15, 0.2) is 5.65 Å². The van der Waals surface area contributed by atoms with Gasteiger partial charge in [-0.2, -0.15) is 4.98 Å². The molecule has 0 spiro atoms. The van der Waals surface area contributed by atoms with E-state index in [1.165, 1.54) is 5.56 Å². The molecule has 0 radical (unpaired) electrons. The van der Waals surface area contributed by atoms with Gasteiger partial charge in [0.25, 0.3) is 0 Å². The second kappa shape index (κ2) is 5.14. The van der Waals surface area contributed by atoms with Crippen molar-refractivity contribution in [2.75, 3.05) is 33.8 Å². The van der Waals surface area contributed by atoms with E-state index in [-0.39, 0.29) is 0 Å². The topological polar surface area (TPSA) is 66.1 Å². The van der Waals surface area contributed by atoms with E-state index in [0.29, 0.717) is 11.9 Å². The summed E-state index contributed by atoms with van der Waals surface area (Å²) in [5.41, 5.74) is 2.91. The third-order valence-electron chi connectivity index (χ3n) is 3.66. The average Bonchev–Trinajstić information content (AvgIpc) is 2.73. The monoisotopic (exact) mass is 261 g/mol. The average molecular weight is 261 g/mol. The first kappa shape index (κ1) is 12.4. The van der Waals surface area contributed by atoms with Crippen LogP contribution in [0.25, 0.3) is 11.2 Å². The standard InChI is InChI=1S/C13H19N5O/c1-18-5-3-10(14-4-6-18)9-7-16-13-12(9)15-8-11(17-13)19-2/h7-8,10,14H,3-6H2,1-2H3,(H,16,17). The number of hydrogen-bond donors (Lipinski definition) is 2. The molecule has 6 heteroatoms. The van der Waals surface area contributed by atoms with Crippen LogP contribution in [-0.2, 0) is 0 Å². The van der Waals surface area contributed by atoms with E-state index in [1.54, 1.807) is 13.3 Å². The van der Waals surface area contributed by atoms with E-state index in [2.05, 4.69) is 32.2 Å². The first-order valence-electron chi connectivity index (χ1n) is 6.58. The second-order valence-electron chi connectivity index (χ2n) is 4.95. The van der Waals surface area contributed by atoms with Gasteiger partial charge in [-0.05, 0) is 20.0 Å². The van der Waals surface area contributed by atoms with Gasteiger partial charge in [0, 0.05) is 30.9 Å². The summed E-state index contributed by atoms with van der Waals surface area (Å²) in [4.78, 5) is 14.4. The molecule has 2 aromatic heterocycles. The van der Waals surface area contributed by atoms with Gasteiger partial charge >= 0.3 is 0 Å². The predicted molar refractivity (Wildman–Crippen MR) is 73.3 cm³/mol. The molecule has 1 saturated heterocycles. The Balaban J connectivity index is 1.92. The number of ether oxygens (including phenoxy) is 1. The fourth-order valence-electron chi connectivity index (χ4n) is 2.52. The Morgan fingerprint density at radius 1 is 1.42 bits per heavy atom. The Kier molecular flexibility index (Phi) is 3.35. The lowest BCUT2D eigenvalue weighted by Crippen LogP contribution is -2.25. The molecule has 0 saturated carbocycles. The highest BCUT2D eigenvalue weighted by molar-refractivity contribution is 5.75. The summed E-state index contributed by atoms with van der Waals surface area (Å²) < 4.78 is 5.10. The van der Waals surface area contributed by atoms with E-state index >= 15 is 0 Å². The van der Waals surface area contributed by atoms with Crippen molar-refractivity contribution in [3.8, 4) is 5.88 Å². The Morgan fingerprint density at radius 3 is 3.16 bits per heavy atom. The Bertz CT molecular complexity index is 567. The summed E-state index contributed by atoms with van der Waals surface area (Å²) in [6, 6.07) is 0.335. The van der Waals surface area contributed by atoms with Crippen LogP contribution in [0, 0.1) is 0 Å². The summed E-state index contributed by atoms with van der Waals surface area (Å²) in [7, 11) is 3.76. The van der Waals surface area contributed by atoms with E-state index in [0.717, 1.165) is 37.2 Å². The molecule has 2 aromatic rings. The van der Waals surface area contributed by atoms with E-state index in [1.807, 2.05) is 6.20 Å². The zero-order valence-electron chi connectivity index (χ0n) is 11.3. The SMILES string of the molecule is COc1cnc2c(C3CCN(C)CCN3)c[nH]c2n1. The number of H-pyrrole nitrogens is 1. The molecule has 2 N–H and O–H groups in total. The summed E-state index contributed by atoms with van der Waals surface area (Å²) >= 11 is 0. The van der Waals surface area contributed by atoms with Crippen molar-refractivity contribution in [1.29, 1.82) is 0 Å². The molecule has 1 unspecified atom stereocenters. The highest BCUT2D eigenvalue weighted by Crippen LogP contribution is 2.25. The lowest BCUT2D eigenvalue weighted by Gasteiger charge is -2.14. The third-order valence-corrected chi connectivity index (χ3v) is 3.66. The van der Waals surface area contributed by atoms with Crippen molar-refractivity contribution in [2.45, 2.75) is 12.5 Å². The Hall–Kier alpha value is -1.66. The van der Waals surface area contributed by atoms with Gasteiger partial charge in [-0.25, -0.2) is 4.98 Å². The summed E-state index contributed by atoms with van der Waals surface area (Å²) in [5.74, 6) is 0.537. The maximum Gasteiger partial charge on any atom is 0.234 e. The maximum absolute atomic E-state index is 5.10. The van der Waals surface area contributed by atoms with E-state index in [9.17, 15) is 0 Å². The largest absolute Gasteiger partial charge is 0.480 e. The molecule has 0 amide bonds. The number of fused-ring (bicyclic) bond motifs is 1. The third kappa shape index (κ3) is 2.41. The van der Waals surface area contributed by atoms with Crippen LogP contribution < -0.4 is 10.1 Å². The van der Waals surface area contributed by atoms with Crippen LogP contribution >= 0.6 is 0 Å². The van der Waals surface area contributed by atoms with Crippen molar-refractivity contribution in [3.63, 3.8) is 0 Å². The molecule has 3 rings (SSSR count). The Morgan fingerprint density at radius 2 is 2.32 bits per heavy atom. The fourth-order valence-corrected chi connectivity index (χ4v) is 2.52. The molecule has 19 heavy (non-hydrogen) atoms. The van der Waals surface area contributed by atoms with Gasteiger partial charge in [-0.1, -0.05) is 0 Å². The minimum Gasteiger partial charge on any atom is -0.480 e. The lowest BCUT2D eigenvalue weighted by atomic mass is 10.1. The highest BCUT2D eigenvalue weighted by atomic mass is 16.5. The quantitative estimate of drug-likeness (QED) is 0.842. The zero-order valence-corrected chi connectivity index (χ0v) is 11.3. The van der Waals surface area contributed by atoms with Crippen LogP contribution in [0.2, 0.25) is 0 Å². The summed E-state index contributed by atoms with van der Waals surface area (Å²) in [6.45, 7) is 3.17. The number of rotatable bonds is 2. The van der Waals surface area contributed by atoms with E-state index in [4.69, 9.17) is 4.74 Å². The van der Waals surface area contributed by atoms with Crippen molar-refractivity contribution >= 4 is 11.2 Å². The van der Waals surface area contributed by atoms with Crippen molar-refractivity contribution in [2.24, 2.45) is 0 Å². The molecule has 1 atom stereocenters. The van der Waals surface area contributed by atoms with Gasteiger partial charge in [-0.15, -0.1) is 0 Å². The number of aromatic amines is 1. The summed E-state index contributed by atoms with van der Waals surface area (Å²) in [5, 5.41) is 3.57. The number of aromatic nitrogens is 3. The first-order chi connectivity index (χ1) is 9.28. The van der Waals surface area contributed by atoms with Gasteiger partial charge in [0.2, 0.25) is 5.88 Å². The number of nitrogens with zero attached hydrogens (tertiary/aromatic N) is 3. The molecular formula is C13H19N5O. The summed E-state index contributed by atoms with van der Waals surface area (Å²) in [6.07, 6.45) is 4.76. The van der Waals surface area contributed by atoms with Crippen molar-refractivity contribution in [3.05, 3.63) is 18.0 Å². The lowest BCUT2D eigenvalue weighted by molar-refractivity contribution is 0.355. The molecule has 1 aliphatic rings. The predicted octanol–water partition coefficient (Wildman–Crippen LogP) is 0.933. The molecule has 102 valence electrons. The van der Waals surface area contributed by atoms with E-state index < -0.39 is 0 Å².